The number of halogens is 3. The van der Waals surface area contributed by atoms with Crippen molar-refractivity contribution < 1.29 is 129 Å². The molecular formula is C83H75BCl3LiN8O23S4. The van der Waals surface area contributed by atoms with Gasteiger partial charge in [-0.25, -0.2) is 39.1 Å². The molecule has 0 aliphatic carbocycles. The Morgan fingerprint density at radius 2 is 0.764 bits per heavy atom. The van der Waals surface area contributed by atoms with E-state index in [1.807, 2.05) is 65.4 Å². The minimum Gasteiger partial charge on any atom is -0.870 e. The fourth-order valence-corrected chi connectivity index (χ4v) is 14.5. The van der Waals surface area contributed by atoms with E-state index >= 15 is 0 Å². The first-order valence-electron chi connectivity index (χ1n) is 36.0. The van der Waals surface area contributed by atoms with Crippen LogP contribution in [0.5, 0.6) is 17.2 Å². The summed E-state index contributed by atoms with van der Waals surface area (Å²) >= 11 is 17.1. The van der Waals surface area contributed by atoms with Gasteiger partial charge >= 0.3 is 73.7 Å². The van der Waals surface area contributed by atoms with Gasteiger partial charge in [-0.2, -0.15) is 0 Å². The number of nitrogens with zero attached hydrogens (tertiary/aromatic N) is 4. The van der Waals surface area contributed by atoms with Crippen LogP contribution >= 0.6 is 81.0 Å². The molecule has 0 radical (unpaired) electrons. The molecule has 0 aliphatic heterocycles. The number of hydrogen-bond donors (Lipinski definition) is 8. The molecule has 0 bridgehead atoms. The van der Waals surface area contributed by atoms with Crippen LogP contribution in [0.4, 0.5) is 5.69 Å². The van der Waals surface area contributed by atoms with Crippen LogP contribution in [0.1, 0.15) is 102 Å². The molecule has 15 rings (SSSR count). The van der Waals surface area contributed by atoms with E-state index in [-0.39, 0.29) is 119 Å². The summed E-state index contributed by atoms with van der Waals surface area (Å²) in [5.74, 6) is -4.18. The van der Waals surface area contributed by atoms with Crippen LogP contribution in [0.25, 0.3) is 66.4 Å². The van der Waals surface area contributed by atoms with Gasteiger partial charge in [-0.05, 0) is 131 Å². The molecule has 0 saturated heterocycles. The third-order valence-electron chi connectivity index (χ3n) is 16.6. The van der Waals surface area contributed by atoms with Crippen LogP contribution in [-0.4, -0.2) is 120 Å². The third-order valence-corrected chi connectivity index (χ3v) is 20.2. The van der Waals surface area contributed by atoms with Gasteiger partial charge in [0.1, 0.15) is 40.0 Å². The summed E-state index contributed by atoms with van der Waals surface area (Å²) in [4.78, 5) is 110. The second-order valence-corrected chi connectivity index (χ2v) is 28.6. The number of aliphatic carboxylic acids is 1. The van der Waals surface area contributed by atoms with E-state index in [4.69, 9.17) is 112 Å². The summed E-state index contributed by atoms with van der Waals surface area (Å²) in [5, 5.41) is 51.8. The van der Waals surface area contributed by atoms with E-state index in [0.717, 1.165) is 38.8 Å². The molecule has 0 amide bonds. The number of carbonyl (C=O) groups excluding carboxylic acids is 6. The van der Waals surface area contributed by atoms with Gasteiger partial charge < -0.3 is 94.8 Å². The van der Waals surface area contributed by atoms with Gasteiger partial charge in [0.2, 0.25) is 0 Å². The molecule has 12 aromatic heterocycles. The van der Waals surface area contributed by atoms with Crippen LogP contribution in [0, 0.1) is 0 Å². The summed E-state index contributed by atoms with van der Waals surface area (Å²) in [5.41, 5.74) is 33.6. The van der Waals surface area contributed by atoms with Gasteiger partial charge in [0.25, 0.3) is 0 Å². The summed E-state index contributed by atoms with van der Waals surface area (Å²) in [7, 11) is -1.40. The Morgan fingerprint density at radius 1 is 0.431 bits per heavy atom. The molecule has 0 atom stereocenters. The van der Waals surface area contributed by atoms with Crippen molar-refractivity contribution in [1.82, 2.24) is 19.9 Å². The summed E-state index contributed by atoms with van der Waals surface area (Å²) < 4.78 is 52.3. The Labute approximate surface area is 744 Å². The average molecular weight is 1800 g/mol. The Kier molecular flexibility index (Phi) is 38.4. The van der Waals surface area contributed by atoms with Crippen molar-refractivity contribution in [2.45, 2.75) is 66.1 Å². The maximum atomic E-state index is 12.9. The molecule has 0 aliphatic rings. The Balaban J connectivity index is 0.000000211. The number of furan rings is 4. The van der Waals surface area contributed by atoms with Crippen molar-refractivity contribution in [2.75, 3.05) is 25.6 Å². The minimum atomic E-state index is -1.40. The Hall–Kier alpha value is -11.9. The SMILES string of the molecule is CCOC(=O)Cc1cscc1N.CCOC(=O)Cc1cscc1OC(=O)c1cc2ccoc2c(-c2cccc(CN)c2)n1.CCOC(=O)Cc1cscc1OC(=O)c1cc2ccoc2c(Cl)n1.Cl.NCc1cccc(-c2nc(C(=O)Oc3cscc3CC(=O)O)cc3ccoc23)c1.NCc1cccc(B(O)O)c1.O=C(O)c1cc2ccoc2c(Cl)n1.[Li+].[OH-]. The smallest absolute Gasteiger partial charge is 0.870 e. The number of esters is 6. The first kappa shape index (κ1) is 98.2. The predicted octanol–water partition coefficient (Wildman–Crippen LogP) is 11.8. The second kappa shape index (κ2) is 48.1. The van der Waals surface area contributed by atoms with Crippen molar-refractivity contribution in [3.63, 3.8) is 0 Å². The zero-order valence-corrected chi connectivity index (χ0v) is 71.2. The number of carbonyl (C=O) groups is 8. The van der Waals surface area contributed by atoms with E-state index < -0.39 is 37.0 Å². The number of aromatic nitrogens is 4. The Morgan fingerprint density at radius 3 is 1.13 bits per heavy atom. The molecule has 40 heteroatoms. The molecule has 13 N–H and O–H groups in total. The van der Waals surface area contributed by atoms with Gasteiger partial charge in [-0.1, -0.05) is 83.9 Å². The zero-order valence-electron chi connectivity index (χ0n) is 65.6. The van der Waals surface area contributed by atoms with Crippen molar-refractivity contribution in [3.8, 4) is 39.8 Å². The van der Waals surface area contributed by atoms with E-state index in [1.165, 1.54) is 76.3 Å². The quantitative estimate of drug-likeness (QED) is 0.0121. The number of hydrogen-bond acceptors (Lipinski definition) is 33. The van der Waals surface area contributed by atoms with Gasteiger partial charge in [-0.15, -0.1) is 57.8 Å². The molecule has 0 spiro atoms. The molecule has 3 aromatic carbocycles. The van der Waals surface area contributed by atoms with Crippen molar-refractivity contribution in [1.29, 1.82) is 0 Å². The number of pyridine rings is 4. The van der Waals surface area contributed by atoms with Gasteiger partial charge in [0, 0.05) is 96.2 Å². The molecule has 12 heterocycles. The average Bonchev–Trinajstić information content (AvgIpc) is 1.72. The number of thiophene rings is 4. The Bertz CT molecular complexity index is 6120. The maximum Gasteiger partial charge on any atom is 1.00 e. The number of ether oxygens (including phenoxy) is 6. The van der Waals surface area contributed by atoms with E-state index in [2.05, 4.69) is 19.9 Å². The monoisotopic (exact) mass is 1800 g/mol. The normalized spacial score (nSPS) is 10.4. The molecule has 0 fully saturated rings. The predicted molar refractivity (Wildman–Crippen MR) is 462 cm³/mol. The fraction of sp³-hybridized carbons (Fsp3) is 0.157. The molecule has 0 unspecified atom stereocenters. The molecule has 634 valence electrons. The number of rotatable bonds is 24. The van der Waals surface area contributed by atoms with Crippen molar-refractivity contribution in [2.24, 2.45) is 17.2 Å². The van der Waals surface area contributed by atoms with Crippen LogP contribution < -0.4 is 61.5 Å². The van der Waals surface area contributed by atoms with E-state index in [9.17, 15) is 38.4 Å². The van der Waals surface area contributed by atoms with E-state index in [1.54, 1.807) is 114 Å². The molecule has 123 heavy (non-hydrogen) atoms. The number of carboxylic acid groups (broad SMARTS) is 2. The molecule has 31 nitrogen and oxygen atoms in total. The second-order valence-electron chi connectivity index (χ2n) is 24.9. The molecule has 15 aromatic rings. The number of nitrogen functional groups attached to an aromatic ring is 1. The van der Waals surface area contributed by atoms with Crippen LogP contribution in [0.2, 0.25) is 10.3 Å². The van der Waals surface area contributed by atoms with E-state index in [0.29, 0.717) is 129 Å². The number of aromatic carboxylic acids is 1. The van der Waals surface area contributed by atoms with Gasteiger partial charge in [0.05, 0.1) is 70.6 Å². The minimum absolute atomic E-state index is 0. The first-order chi connectivity index (χ1) is 57.9. The number of fused-ring (bicyclic) bond motifs is 4. The maximum absolute atomic E-state index is 12.9. The van der Waals surface area contributed by atoms with Crippen LogP contribution in [0.3, 0.4) is 0 Å². The van der Waals surface area contributed by atoms with Crippen molar-refractivity contribution >= 4 is 191 Å². The zero-order chi connectivity index (χ0) is 85.9. The van der Waals surface area contributed by atoms with Gasteiger partial charge in [0.15, 0.2) is 44.0 Å². The molecular weight excluding hydrogens is 1730 g/mol. The summed E-state index contributed by atoms with van der Waals surface area (Å²) in [6.07, 6.45) is 6.10. The van der Waals surface area contributed by atoms with Crippen LogP contribution in [-0.2, 0) is 78.7 Å². The summed E-state index contributed by atoms with van der Waals surface area (Å²) in [6.45, 7) is 7.45. The standard InChI is InChI=1S/C23H20N2O5S.C21H16N2O5S.C16H12ClNO5S.C8H4ClNO3.C8H11NO2S.C7H10BNO2.ClH.Li.H2O/c1-2-28-20(26)10-17-12-31-13-19(17)30-23(27)18-9-16-6-7-29-22(16)21(25-18)15-5-3-4-14(8-15)11-24;22-9-12-2-1-3-13(6-12)19-20-14(4-5-27-20)7-16(23-19)21(26)28-17-11-29-10-15(17)8-18(24)25;1-2-21-13(19)6-10-7-24-8-12(10)23-16(20)11-5-9-3-4-22-14(9)15(17)18-11;9-7-6-4(1-2-13-6)3-5(10-7)8(11)12;1-2-11-8(10)3-6-4-12-5-7(6)9;9-5-6-2-1-3-7(4-6)8(10)11;;;/h3-9,12-13H,2,10-11,24H2,1H3;1-7,10-11H,8-9,22H2,(H,24,25);3-5,7-8H,2,6H2,1H3;1-3H,(H,11,12);4-5H,2-3,9H2,1H3;1-4,10-11H,5,9H2;1H;;1H2/q;;;;;;;+1;/p-1. The fourth-order valence-electron chi connectivity index (χ4n) is 11.0. The topological polar surface area (TPSA) is 511 Å². The number of anilines is 1. The third kappa shape index (κ3) is 27.3. The van der Waals surface area contributed by atoms with Crippen molar-refractivity contribution in [3.05, 3.63) is 261 Å². The number of carboxylic acids is 2. The summed E-state index contributed by atoms with van der Waals surface area (Å²) in [6, 6.07) is 35.0. The first-order valence-corrected chi connectivity index (χ1v) is 40.5. The van der Waals surface area contributed by atoms with Crippen LogP contribution in [0.15, 0.2) is 207 Å². The van der Waals surface area contributed by atoms with Gasteiger partial charge in [-0.3, -0.25) is 19.2 Å². The number of benzene rings is 3. The number of nitrogens with two attached hydrogens (primary N) is 4. The molecule has 0 saturated carbocycles. The largest absolute Gasteiger partial charge is 1.00 e.